The van der Waals surface area contributed by atoms with E-state index in [9.17, 15) is 47.4 Å². The molecule has 36 heavy (non-hydrogen) atoms. The second kappa shape index (κ2) is 9.59. The second-order valence-electron chi connectivity index (χ2n) is 6.57. The highest BCUT2D eigenvalue weighted by Gasteiger charge is 2.42. The van der Waals surface area contributed by atoms with Crippen molar-refractivity contribution in [2.45, 2.75) is 12.4 Å². The summed E-state index contributed by atoms with van der Waals surface area (Å²) in [5.41, 5.74) is -10.8. The fourth-order valence-corrected chi connectivity index (χ4v) is 3.22. The first kappa shape index (κ1) is 26.4. The van der Waals surface area contributed by atoms with Crippen LogP contribution in [0.4, 0.5) is 26.3 Å². The predicted octanol–water partition coefficient (Wildman–Crippen LogP) is 3.13. The molecule has 0 aliphatic heterocycles. The first-order valence-corrected chi connectivity index (χ1v) is 8.93. The van der Waals surface area contributed by atoms with Crippen LogP contribution in [0, 0.1) is 79.3 Å². The van der Waals surface area contributed by atoms with Crippen LogP contribution in [-0.4, -0.2) is 0 Å². The molecule has 0 saturated heterocycles. The summed E-state index contributed by atoms with van der Waals surface area (Å²) in [6.07, 6.45) is -10.9. The lowest BCUT2D eigenvalue weighted by Crippen LogP contribution is -2.26. The minimum absolute atomic E-state index is 0.0801. The van der Waals surface area contributed by atoms with Gasteiger partial charge in [-0.3, -0.25) is 0 Å². The van der Waals surface area contributed by atoms with Gasteiger partial charge in [-0.25, -0.2) is 0 Å². The highest BCUT2D eigenvalue weighted by atomic mass is 19.4. The van der Waals surface area contributed by atoms with E-state index in [0.29, 0.717) is 0 Å². The van der Waals surface area contributed by atoms with Gasteiger partial charge in [0, 0.05) is 10.4 Å². The quantitative estimate of drug-likeness (QED) is 0.552. The Morgan fingerprint density at radius 3 is 1.39 bits per heavy atom. The molecule has 7 nitrogen and oxygen atoms in total. The summed E-state index contributed by atoms with van der Waals surface area (Å²) in [6, 6.07) is 10.4. The molecule has 13 heteroatoms. The first-order valence-electron chi connectivity index (χ1n) is 8.93. The van der Waals surface area contributed by atoms with Crippen LogP contribution in [0.5, 0.6) is 0 Å². The maximum atomic E-state index is 13.6. The fourth-order valence-electron chi connectivity index (χ4n) is 3.22. The van der Waals surface area contributed by atoms with Gasteiger partial charge >= 0.3 is 12.4 Å². The molecule has 2 aromatic rings. The van der Waals surface area contributed by atoms with Crippen molar-refractivity contribution in [2.75, 3.05) is 0 Å². The molecular formula is C23H3F6N7. The van der Waals surface area contributed by atoms with Crippen LogP contribution >= 0.6 is 0 Å². The van der Waals surface area contributed by atoms with Gasteiger partial charge in [0.25, 0.3) is 0 Å². The van der Waals surface area contributed by atoms with E-state index in [4.69, 9.17) is 15.8 Å². The first-order chi connectivity index (χ1) is 16.8. The summed E-state index contributed by atoms with van der Waals surface area (Å²) in [7, 11) is 0. The Hall–Kier alpha value is -5.81. The smallest absolute Gasteiger partial charge is 0.192 e. The normalized spacial score (nSPS) is 11.3. The number of hydrogen-bond donors (Lipinski definition) is 0. The van der Waals surface area contributed by atoms with Crippen LogP contribution in [-0.2, 0) is 12.4 Å². The highest BCUT2D eigenvalue weighted by Crippen LogP contribution is 2.40. The zero-order valence-electron chi connectivity index (χ0n) is 17.1. The Labute approximate surface area is 197 Å². The third-order valence-electron chi connectivity index (χ3n) is 4.68. The third-order valence-corrected chi connectivity index (χ3v) is 4.68. The molecule has 0 spiro atoms. The molecule has 0 aliphatic rings. The number of alkyl halides is 6. The van der Waals surface area contributed by atoms with Gasteiger partial charge in [-0.1, -0.05) is 0 Å². The number of benzene rings is 2. The molecule has 0 aliphatic carbocycles. The van der Waals surface area contributed by atoms with Gasteiger partial charge in [0.05, 0.1) is 45.0 Å². The van der Waals surface area contributed by atoms with E-state index in [1.54, 1.807) is 0 Å². The summed E-state index contributed by atoms with van der Waals surface area (Å²) in [5, 5.41) is 64.3. The van der Waals surface area contributed by atoms with Crippen LogP contribution in [0.2, 0.25) is 0 Å². The summed E-state index contributed by atoms with van der Waals surface area (Å²) in [5.74, 6) is 0. The number of halogens is 6. The molecule has 172 valence electrons. The Balaban J connectivity index is 3.42. The molecule has 0 heterocycles. The molecule has 0 fully saturated rings. The summed E-state index contributed by atoms with van der Waals surface area (Å²) in [6.45, 7) is 0. The maximum Gasteiger partial charge on any atom is 0.417 e. The summed E-state index contributed by atoms with van der Waals surface area (Å²) < 4.78 is 81.4. The van der Waals surface area contributed by atoms with Crippen LogP contribution in [0.3, 0.4) is 0 Å². The van der Waals surface area contributed by atoms with E-state index >= 15 is 0 Å². The Bertz CT molecular complexity index is 1680. The van der Waals surface area contributed by atoms with Crippen molar-refractivity contribution < 1.29 is 26.3 Å². The van der Waals surface area contributed by atoms with Crippen LogP contribution < -0.4 is 10.4 Å². The van der Waals surface area contributed by atoms with E-state index < -0.39 is 72.9 Å². The second-order valence-corrected chi connectivity index (χ2v) is 6.57. The molecule has 2 rings (SSSR count). The fraction of sp³-hybridized carbons (Fsp3) is 0.0870. The van der Waals surface area contributed by atoms with E-state index in [1.165, 1.54) is 36.4 Å². The molecule has 2 aromatic carbocycles. The third kappa shape index (κ3) is 4.48. The van der Waals surface area contributed by atoms with Crippen molar-refractivity contribution in [1.82, 2.24) is 0 Å². The molecular weight excluding hydrogens is 488 g/mol. The molecule has 0 aromatic heterocycles. The van der Waals surface area contributed by atoms with Gasteiger partial charge in [0.1, 0.15) is 42.0 Å². The zero-order valence-corrected chi connectivity index (χ0v) is 17.1. The molecule has 0 atom stereocenters. The van der Waals surface area contributed by atoms with Gasteiger partial charge in [-0.15, -0.1) is 0 Å². The lowest BCUT2D eigenvalue weighted by Gasteiger charge is -2.17. The van der Waals surface area contributed by atoms with Crippen molar-refractivity contribution >= 4 is 11.1 Å². The molecule has 0 saturated carbocycles. The minimum Gasteiger partial charge on any atom is -0.192 e. The van der Waals surface area contributed by atoms with E-state index in [0.717, 1.165) is 12.1 Å². The highest BCUT2D eigenvalue weighted by molar-refractivity contribution is 5.82. The molecule has 0 amide bonds. The van der Waals surface area contributed by atoms with Crippen molar-refractivity contribution in [3.8, 4) is 42.5 Å². The maximum absolute atomic E-state index is 13.6. The van der Waals surface area contributed by atoms with Crippen molar-refractivity contribution in [2.24, 2.45) is 0 Å². The van der Waals surface area contributed by atoms with E-state index in [-0.39, 0.29) is 12.1 Å². The van der Waals surface area contributed by atoms with Crippen LogP contribution in [0.15, 0.2) is 18.2 Å². The van der Waals surface area contributed by atoms with Crippen LogP contribution in [0.1, 0.15) is 38.9 Å². The number of nitrogens with zero attached hydrogens (tertiary/aromatic N) is 7. The van der Waals surface area contributed by atoms with E-state index in [2.05, 4.69) is 0 Å². The van der Waals surface area contributed by atoms with Crippen molar-refractivity contribution in [1.29, 1.82) is 36.8 Å². The Morgan fingerprint density at radius 1 is 0.583 bits per heavy atom. The monoisotopic (exact) mass is 491 g/mol. The molecule has 0 N–H and O–H groups in total. The van der Waals surface area contributed by atoms with Crippen molar-refractivity contribution in [3.05, 3.63) is 67.6 Å². The standard InChI is InChI=1S/C23H3F6N7/c24-22(25,26)19-2-11(3-20(18(19)10-36)23(27,28)29)15(7-33)21-12(4-30)1-14(13(5-31)6-32)16(8-34)17(21)9-35/h1-3H/b21-15-. The topological polar surface area (TPSA) is 167 Å². The van der Waals surface area contributed by atoms with Crippen molar-refractivity contribution in [3.63, 3.8) is 0 Å². The number of nitriles is 7. The molecule has 0 bridgehead atoms. The lowest BCUT2D eigenvalue weighted by atomic mass is 9.89. The predicted molar refractivity (Wildman–Crippen MR) is 104 cm³/mol. The molecule has 0 radical (unpaired) electrons. The average Bonchev–Trinajstić information content (AvgIpc) is 2.83. The SMILES string of the molecule is N#CC(C#N)=c1cc(C#N)/c(=C(\C#N)c2cc(C(F)(F)F)c(C#N)c(C(F)(F)F)c2)c(C#N)c1C#N. The van der Waals surface area contributed by atoms with Gasteiger partial charge in [0.2, 0.25) is 0 Å². The minimum atomic E-state index is -5.47. The van der Waals surface area contributed by atoms with Crippen LogP contribution in [0.25, 0.3) is 11.1 Å². The number of rotatable bonds is 1. The Morgan fingerprint density at radius 2 is 1.06 bits per heavy atom. The molecule has 0 unspecified atom stereocenters. The van der Waals surface area contributed by atoms with Gasteiger partial charge in [0.15, 0.2) is 0 Å². The Kier molecular flexibility index (Phi) is 7.04. The van der Waals surface area contributed by atoms with Gasteiger partial charge in [-0.2, -0.15) is 63.2 Å². The number of hydrogen-bond acceptors (Lipinski definition) is 7. The van der Waals surface area contributed by atoms with Gasteiger partial charge < -0.3 is 0 Å². The zero-order chi connectivity index (χ0) is 27.4. The summed E-state index contributed by atoms with van der Waals surface area (Å²) in [4.78, 5) is 0. The van der Waals surface area contributed by atoms with E-state index in [1.807, 2.05) is 0 Å². The summed E-state index contributed by atoms with van der Waals surface area (Å²) >= 11 is 0. The average molecular weight is 491 g/mol. The lowest BCUT2D eigenvalue weighted by molar-refractivity contribution is -0.143. The van der Waals surface area contributed by atoms with Gasteiger partial charge in [-0.05, 0) is 23.8 Å². The largest absolute Gasteiger partial charge is 0.417 e.